The monoisotopic (exact) mass is 323 g/mol. The summed E-state index contributed by atoms with van der Waals surface area (Å²) in [6.07, 6.45) is 4.51. The number of nitrogens with one attached hydrogen (secondary N) is 1. The predicted molar refractivity (Wildman–Crippen MR) is 85.1 cm³/mol. The fourth-order valence-corrected chi connectivity index (χ4v) is 2.76. The van der Waals surface area contributed by atoms with Gasteiger partial charge < -0.3 is 5.32 Å². The molecular weight excluding hydrogens is 309 g/mol. The topological polar surface area (TPSA) is 72.7 Å². The molecule has 7 heteroatoms. The minimum absolute atomic E-state index is 0.239. The zero-order valence-corrected chi connectivity index (χ0v) is 12.7. The van der Waals surface area contributed by atoms with Crippen molar-refractivity contribution in [1.29, 1.82) is 0 Å². The highest BCUT2D eigenvalue weighted by atomic mass is 19.1. The Morgan fingerprint density at radius 3 is 2.71 bits per heavy atom. The van der Waals surface area contributed by atoms with E-state index in [4.69, 9.17) is 0 Å². The number of halogens is 1. The summed E-state index contributed by atoms with van der Waals surface area (Å²) < 4.78 is 15.6. The number of rotatable bonds is 4. The maximum atomic E-state index is 14.0. The summed E-state index contributed by atoms with van der Waals surface area (Å²) in [6, 6.07) is 11.6. The first-order valence-electron chi connectivity index (χ1n) is 7.59. The quantitative estimate of drug-likeness (QED) is 0.800. The molecule has 1 saturated carbocycles. The molecule has 0 saturated heterocycles. The van der Waals surface area contributed by atoms with E-state index in [2.05, 4.69) is 20.6 Å². The minimum atomic E-state index is -0.790. The zero-order chi connectivity index (χ0) is 16.6. The second kappa shape index (κ2) is 5.52. The van der Waals surface area contributed by atoms with Gasteiger partial charge in [0, 0.05) is 24.0 Å². The molecule has 120 valence electrons. The van der Waals surface area contributed by atoms with E-state index in [-0.39, 0.29) is 11.7 Å². The van der Waals surface area contributed by atoms with Gasteiger partial charge in [0.1, 0.15) is 5.82 Å². The van der Waals surface area contributed by atoms with Gasteiger partial charge in [0.05, 0.1) is 5.41 Å². The molecule has 0 bridgehead atoms. The molecular formula is C17H14FN5O. The van der Waals surface area contributed by atoms with Gasteiger partial charge in [-0.2, -0.15) is 5.10 Å². The van der Waals surface area contributed by atoms with Crippen LogP contribution in [0.5, 0.6) is 0 Å². The van der Waals surface area contributed by atoms with Crippen LogP contribution in [0.25, 0.3) is 5.82 Å². The van der Waals surface area contributed by atoms with Crippen LogP contribution >= 0.6 is 0 Å². The van der Waals surface area contributed by atoms with E-state index in [1.165, 1.54) is 10.7 Å². The number of amides is 1. The van der Waals surface area contributed by atoms with Crippen molar-refractivity contribution in [3.05, 3.63) is 66.2 Å². The fraction of sp³-hybridized carbons (Fsp3) is 0.176. The van der Waals surface area contributed by atoms with Crippen molar-refractivity contribution in [2.45, 2.75) is 18.3 Å². The summed E-state index contributed by atoms with van der Waals surface area (Å²) in [5, 5.41) is 14.8. The lowest BCUT2D eigenvalue weighted by Crippen LogP contribution is -2.29. The Kier molecular flexibility index (Phi) is 3.34. The SMILES string of the molecule is O=C(Nc1ccn(-c2cccnn2)n1)C1(c2ccccc2F)CC1. The van der Waals surface area contributed by atoms with E-state index >= 15 is 0 Å². The molecule has 1 fully saturated rings. The Labute approximate surface area is 137 Å². The summed E-state index contributed by atoms with van der Waals surface area (Å²) in [4.78, 5) is 12.6. The molecule has 1 aliphatic rings. The molecule has 0 unspecified atom stereocenters. The Balaban J connectivity index is 1.55. The van der Waals surface area contributed by atoms with Gasteiger partial charge in [-0.25, -0.2) is 9.07 Å². The second-order valence-corrected chi connectivity index (χ2v) is 5.74. The first kappa shape index (κ1) is 14.5. The average molecular weight is 323 g/mol. The van der Waals surface area contributed by atoms with Crippen molar-refractivity contribution < 1.29 is 9.18 Å². The maximum absolute atomic E-state index is 14.0. The summed E-state index contributed by atoms with van der Waals surface area (Å²) in [5.74, 6) is 0.355. The molecule has 4 rings (SSSR count). The van der Waals surface area contributed by atoms with Crippen molar-refractivity contribution in [1.82, 2.24) is 20.0 Å². The maximum Gasteiger partial charge on any atom is 0.236 e. The van der Waals surface area contributed by atoms with Crippen LogP contribution in [-0.2, 0) is 10.2 Å². The number of aromatic nitrogens is 4. The molecule has 1 aliphatic carbocycles. The van der Waals surface area contributed by atoms with E-state index in [9.17, 15) is 9.18 Å². The van der Waals surface area contributed by atoms with Crippen molar-refractivity contribution in [3.8, 4) is 5.82 Å². The summed E-state index contributed by atoms with van der Waals surface area (Å²) in [6.45, 7) is 0. The molecule has 1 amide bonds. The van der Waals surface area contributed by atoms with Crippen molar-refractivity contribution >= 4 is 11.7 Å². The smallest absolute Gasteiger partial charge is 0.236 e. The van der Waals surface area contributed by atoms with E-state index in [1.54, 1.807) is 48.8 Å². The van der Waals surface area contributed by atoms with E-state index < -0.39 is 5.41 Å². The lowest BCUT2D eigenvalue weighted by Gasteiger charge is -2.15. The standard InChI is InChI=1S/C17H14FN5O/c18-13-5-2-1-4-12(13)17(8-9-17)16(24)20-14-7-11-23(22-14)15-6-3-10-19-21-15/h1-7,10-11H,8-9H2,(H,20,22,24). The van der Waals surface area contributed by atoms with Gasteiger partial charge in [-0.1, -0.05) is 18.2 Å². The summed E-state index contributed by atoms with van der Waals surface area (Å²) in [7, 11) is 0. The van der Waals surface area contributed by atoms with Crippen LogP contribution in [0, 0.1) is 5.82 Å². The van der Waals surface area contributed by atoms with Crippen molar-refractivity contribution in [3.63, 3.8) is 0 Å². The molecule has 1 aromatic carbocycles. The van der Waals surface area contributed by atoms with Crippen LogP contribution < -0.4 is 5.32 Å². The highest BCUT2D eigenvalue weighted by Crippen LogP contribution is 2.49. The Bertz CT molecular complexity index is 889. The lowest BCUT2D eigenvalue weighted by atomic mass is 9.94. The fourth-order valence-electron chi connectivity index (χ4n) is 2.76. The summed E-state index contributed by atoms with van der Waals surface area (Å²) >= 11 is 0. The molecule has 3 aromatic rings. The van der Waals surface area contributed by atoms with Gasteiger partial charge in [-0.05, 0) is 31.0 Å². The van der Waals surface area contributed by atoms with Gasteiger partial charge >= 0.3 is 0 Å². The normalized spacial score (nSPS) is 15.0. The summed E-state index contributed by atoms with van der Waals surface area (Å²) in [5.41, 5.74) is -0.349. The number of hydrogen-bond donors (Lipinski definition) is 1. The Hall–Kier alpha value is -3.09. The highest BCUT2D eigenvalue weighted by molar-refractivity contribution is 6.00. The van der Waals surface area contributed by atoms with Crippen LogP contribution in [0.2, 0.25) is 0 Å². The number of anilines is 1. The average Bonchev–Trinajstić information content (AvgIpc) is 3.29. The van der Waals surface area contributed by atoms with Crippen LogP contribution in [-0.4, -0.2) is 25.9 Å². The lowest BCUT2D eigenvalue weighted by molar-refractivity contribution is -0.118. The third-order valence-corrected chi connectivity index (χ3v) is 4.20. The van der Waals surface area contributed by atoms with Gasteiger partial charge in [-0.15, -0.1) is 10.2 Å². The first-order chi connectivity index (χ1) is 11.7. The van der Waals surface area contributed by atoms with Crippen LogP contribution in [0.15, 0.2) is 54.9 Å². The second-order valence-electron chi connectivity index (χ2n) is 5.74. The van der Waals surface area contributed by atoms with Gasteiger partial charge in [0.25, 0.3) is 0 Å². The third kappa shape index (κ3) is 2.44. The molecule has 2 aromatic heterocycles. The largest absolute Gasteiger partial charge is 0.308 e. The Morgan fingerprint density at radius 2 is 2.00 bits per heavy atom. The zero-order valence-electron chi connectivity index (χ0n) is 12.7. The Morgan fingerprint density at radius 1 is 1.17 bits per heavy atom. The molecule has 0 aliphatic heterocycles. The van der Waals surface area contributed by atoms with Crippen molar-refractivity contribution in [2.75, 3.05) is 5.32 Å². The van der Waals surface area contributed by atoms with Gasteiger partial charge in [-0.3, -0.25) is 4.79 Å². The van der Waals surface area contributed by atoms with Crippen LogP contribution in [0.3, 0.4) is 0 Å². The number of hydrogen-bond acceptors (Lipinski definition) is 4. The van der Waals surface area contributed by atoms with E-state index in [0.29, 0.717) is 30.0 Å². The van der Waals surface area contributed by atoms with Crippen LogP contribution in [0.4, 0.5) is 10.2 Å². The predicted octanol–water partition coefficient (Wildman–Crippen LogP) is 2.47. The molecule has 0 atom stereocenters. The van der Waals surface area contributed by atoms with E-state index in [0.717, 1.165) is 0 Å². The number of benzene rings is 1. The van der Waals surface area contributed by atoms with Crippen molar-refractivity contribution in [2.24, 2.45) is 0 Å². The molecule has 0 spiro atoms. The number of nitrogens with zero attached hydrogens (tertiary/aromatic N) is 4. The van der Waals surface area contributed by atoms with Gasteiger partial charge in [0.2, 0.25) is 5.91 Å². The highest BCUT2D eigenvalue weighted by Gasteiger charge is 2.52. The molecule has 24 heavy (non-hydrogen) atoms. The minimum Gasteiger partial charge on any atom is -0.308 e. The number of carbonyl (C=O) groups is 1. The van der Waals surface area contributed by atoms with Gasteiger partial charge in [0.15, 0.2) is 11.6 Å². The molecule has 2 heterocycles. The molecule has 1 N–H and O–H groups in total. The first-order valence-corrected chi connectivity index (χ1v) is 7.59. The third-order valence-electron chi connectivity index (χ3n) is 4.20. The number of carbonyl (C=O) groups excluding carboxylic acids is 1. The molecule has 0 radical (unpaired) electrons. The van der Waals surface area contributed by atoms with Crippen LogP contribution in [0.1, 0.15) is 18.4 Å². The molecule has 6 nitrogen and oxygen atoms in total. The van der Waals surface area contributed by atoms with E-state index in [1.807, 2.05) is 0 Å².